The van der Waals surface area contributed by atoms with Crippen molar-refractivity contribution in [2.24, 2.45) is 5.10 Å². The van der Waals surface area contributed by atoms with E-state index >= 15 is 0 Å². The number of nitrogens with one attached hydrogen (secondary N) is 1. The summed E-state index contributed by atoms with van der Waals surface area (Å²) in [5, 5.41) is 15.7. The summed E-state index contributed by atoms with van der Waals surface area (Å²) >= 11 is 3.55. The zero-order valence-electron chi connectivity index (χ0n) is 19.3. The molecule has 0 aliphatic carbocycles. The van der Waals surface area contributed by atoms with Crippen LogP contribution in [0.5, 0.6) is 0 Å². The molecule has 0 fully saturated rings. The van der Waals surface area contributed by atoms with Gasteiger partial charge in [-0.3, -0.25) is 4.79 Å². The molecule has 0 saturated heterocycles. The van der Waals surface area contributed by atoms with Gasteiger partial charge in [0.05, 0.1) is 6.21 Å². The lowest BCUT2D eigenvalue weighted by Gasteiger charge is -2.27. The number of carbonyl (C=O) groups is 1. The number of amides is 1. The third-order valence-corrected chi connectivity index (χ3v) is 6.84. The number of rotatable bonds is 6. The van der Waals surface area contributed by atoms with Crippen LogP contribution in [0.1, 0.15) is 33.6 Å². The van der Waals surface area contributed by atoms with E-state index in [4.69, 9.17) is 0 Å². The average molecular weight is 516 g/mol. The molecule has 1 aromatic heterocycles. The Hall–Kier alpha value is -3.48. The van der Waals surface area contributed by atoms with Gasteiger partial charge in [-0.15, -0.1) is 0 Å². The molecular formula is C28H26BrN3O2. The first-order valence-corrected chi connectivity index (χ1v) is 11.7. The summed E-state index contributed by atoms with van der Waals surface area (Å²) in [6.45, 7) is 6.10. The van der Waals surface area contributed by atoms with E-state index < -0.39 is 11.5 Å². The number of aryl methyl sites for hydroxylation is 2. The summed E-state index contributed by atoms with van der Waals surface area (Å²) in [6.07, 6.45) is 1.61. The largest absolute Gasteiger partial charge is 0.372 e. The molecule has 2 N–H and O–H groups in total. The summed E-state index contributed by atoms with van der Waals surface area (Å²) < 4.78 is 3.21. The Morgan fingerprint density at radius 1 is 0.941 bits per heavy atom. The lowest BCUT2D eigenvalue weighted by molar-refractivity contribution is -0.136. The normalized spacial score (nSPS) is 11.7. The maximum absolute atomic E-state index is 13.2. The number of hydrogen-bond acceptors (Lipinski definition) is 3. The van der Waals surface area contributed by atoms with Crippen LogP contribution in [0.4, 0.5) is 0 Å². The van der Waals surface area contributed by atoms with Gasteiger partial charge in [0.1, 0.15) is 0 Å². The summed E-state index contributed by atoms with van der Waals surface area (Å²) in [6, 6.07) is 26.0. The van der Waals surface area contributed by atoms with Gasteiger partial charge >= 0.3 is 0 Å². The van der Waals surface area contributed by atoms with Crippen molar-refractivity contribution >= 4 is 28.1 Å². The highest BCUT2D eigenvalue weighted by Gasteiger charge is 2.39. The third kappa shape index (κ3) is 4.47. The van der Waals surface area contributed by atoms with Gasteiger partial charge in [0.25, 0.3) is 5.91 Å². The fourth-order valence-electron chi connectivity index (χ4n) is 4.11. The summed E-state index contributed by atoms with van der Waals surface area (Å²) in [4.78, 5) is 13.2. The van der Waals surface area contributed by atoms with Gasteiger partial charge in [-0.1, -0.05) is 76.6 Å². The molecule has 1 heterocycles. The van der Waals surface area contributed by atoms with Gasteiger partial charge in [-0.05, 0) is 61.7 Å². The maximum atomic E-state index is 13.2. The van der Waals surface area contributed by atoms with E-state index in [-0.39, 0.29) is 0 Å². The van der Waals surface area contributed by atoms with Crippen molar-refractivity contribution in [2.75, 3.05) is 0 Å². The zero-order chi connectivity index (χ0) is 24.3. The highest BCUT2D eigenvalue weighted by atomic mass is 79.9. The van der Waals surface area contributed by atoms with Crippen LogP contribution >= 0.6 is 15.9 Å². The molecule has 1 amide bonds. The van der Waals surface area contributed by atoms with E-state index in [0.717, 1.165) is 32.7 Å². The number of carbonyl (C=O) groups excluding carboxylic acids is 1. The highest BCUT2D eigenvalue weighted by Crippen LogP contribution is 2.30. The molecule has 0 aliphatic rings. The van der Waals surface area contributed by atoms with Crippen molar-refractivity contribution in [3.8, 4) is 5.69 Å². The maximum Gasteiger partial charge on any atom is 0.281 e. The fraction of sp³-hybridized carbons (Fsp3) is 0.143. The Kier molecular flexibility index (Phi) is 6.82. The molecule has 3 aromatic carbocycles. The van der Waals surface area contributed by atoms with E-state index in [9.17, 15) is 9.90 Å². The fourth-order valence-corrected chi connectivity index (χ4v) is 4.36. The van der Waals surface area contributed by atoms with Crippen molar-refractivity contribution in [1.82, 2.24) is 9.99 Å². The Morgan fingerprint density at radius 3 is 2.09 bits per heavy atom. The first kappa shape index (κ1) is 23.7. The number of aliphatic hydroxyl groups is 1. The molecule has 34 heavy (non-hydrogen) atoms. The van der Waals surface area contributed by atoms with E-state index in [1.807, 2.05) is 38.1 Å². The van der Waals surface area contributed by atoms with Crippen LogP contribution in [-0.4, -0.2) is 21.8 Å². The Morgan fingerprint density at radius 2 is 1.53 bits per heavy atom. The molecule has 0 atom stereocenters. The molecule has 0 spiro atoms. The summed E-state index contributed by atoms with van der Waals surface area (Å²) in [5.41, 5.74) is 6.75. The minimum atomic E-state index is -1.87. The van der Waals surface area contributed by atoms with E-state index in [1.54, 1.807) is 54.7 Å². The summed E-state index contributed by atoms with van der Waals surface area (Å²) in [5.74, 6) is -0.626. The molecule has 4 aromatic rings. The highest BCUT2D eigenvalue weighted by molar-refractivity contribution is 9.10. The number of benzene rings is 3. The number of hydrazone groups is 1. The van der Waals surface area contributed by atoms with Crippen molar-refractivity contribution in [3.63, 3.8) is 0 Å². The predicted octanol–water partition coefficient (Wildman–Crippen LogP) is 5.55. The lowest BCUT2D eigenvalue weighted by atomic mass is 9.85. The molecule has 6 heteroatoms. The minimum absolute atomic E-state index is 0.470. The van der Waals surface area contributed by atoms with Crippen molar-refractivity contribution in [1.29, 1.82) is 0 Å². The summed E-state index contributed by atoms with van der Waals surface area (Å²) in [7, 11) is 0. The molecule has 0 saturated carbocycles. The van der Waals surface area contributed by atoms with Crippen LogP contribution in [0, 0.1) is 20.8 Å². The number of hydrogen-bond donors (Lipinski definition) is 2. The molecule has 4 rings (SSSR count). The Labute approximate surface area is 207 Å². The third-order valence-electron chi connectivity index (χ3n) is 5.95. The van der Waals surface area contributed by atoms with Gasteiger partial charge in [0.15, 0.2) is 5.60 Å². The lowest BCUT2D eigenvalue weighted by Crippen LogP contribution is -2.43. The van der Waals surface area contributed by atoms with Crippen LogP contribution in [0.25, 0.3) is 5.69 Å². The van der Waals surface area contributed by atoms with Crippen LogP contribution in [0.2, 0.25) is 0 Å². The van der Waals surface area contributed by atoms with E-state index in [1.165, 1.54) is 0 Å². The molecule has 0 radical (unpaired) electrons. The Bertz CT molecular complexity index is 1310. The monoisotopic (exact) mass is 515 g/mol. The van der Waals surface area contributed by atoms with Crippen LogP contribution in [0.3, 0.4) is 0 Å². The number of halogens is 1. The first-order valence-electron chi connectivity index (χ1n) is 10.9. The standard InChI is InChI=1S/C28H26BrN3O2/c1-19-16-25(14-15-26(19)29)32-20(2)17-22(21(32)3)18-30-31-27(33)28(34,23-10-6-4-7-11-23)24-12-8-5-9-13-24/h4-18,34H,1-3H3,(H,31,33)/b30-18+. The van der Waals surface area contributed by atoms with Gasteiger partial charge in [-0.2, -0.15) is 5.10 Å². The van der Waals surface area contributed by atoms with Gasteiger partial charge < -0.3 is 9.67 Å². The van der Waals surface area contributed by atoms with Crippen molar-refractivity contribution in [2.45, 2.75) is 26.4 Å². The second-order valence-corrected chi connectivity index (χ2v) is 9.09. The minimum Gasteiger partial charge on any atom is -0.372 e. The topological polar surface area (TPSA) is 66.6 Å². The van der Waals surface area contributed by atoms with Crippen molar-refractivity contribution in [3.05, 3.63) is 123 Å². The number of aromatic nitrogens is 1. The van der Waals surface area contributed by atoms with Gasteiger partial charge in [0.2, 0.25) is 0 Å². The second-order valence-electron chi connectivity index (χ2n) is 8.24. The molecule has 0 unspecified atom stereocenters. The SMILES string of the molecule is Cc1cc(-n2c(C)cc(/C=N/NC(=O)C(O)(c3ccccc3)c3ccccc3)c2C)ccc1Br. The average Bonchev–Trinajstić information content (AvgIpc) is 3.14. The van der Waals surface area contributed by atoms with Gasteiger partial charge in [-0.25, -0.2) is 5.43 Å². The quantitative estimate of drug-likeness (QED) is 0.261. The Balaban J connectivity index is 1.61. The second kappa shape index (κ2) is 9.79. The van der Waals surface area contributed by atoms with Gasteiger partial charge in [0, 0.05) is 27.1 Å². The number of nitrogens with zero attached hydrogens (tertiary/aromatic N) is 2. The van der Waals surface area contributed by atoms with Crippen LogP contribution in [0.15, 0.2) is 94.5 Å². The first-order chi connectivity index (χ1) is 16.3. The van der Waals surface area contributed by atoms with Crippen LogP contribution < -0.4 is 5.43 Å². The molecular weight excluding hydrogens is 490 g/mol. The van der Waals surface area contributed by atoms with Crippen molar-refractivity contribution < 1.29 is 9.90 Å². The van der Waals surface area contributed by atoms with Crippen LogP contribution in [-0.2, 0) is 10.4 Å². The van der Waals surface area contributed by atoms with E-state index in [2.05, 4.69) is 50.1 Å². The predicted molar refractivity (Wildman–Crippen MR) is 139 cm³/mol. The van der Waals surface area contributed by atoms with E-state index in [0.29, 0.717) is 11.1 Å². The zero-order valence-corrected chi connectivity index (χ0v) is 20.9. The smallest absolute Gasteiger partial charge is 0.281 e. The molecule has 0 aliphatic heterocycles. The molecule has 5 nitrogen and oxygen atoms in total. The molecule has 0 bridgehead atoms. The molecule has 172 valence electrons.